The van der Waals surface area contributed by atoms with Gasteiger partial charge in [0.05, 0.1) is 5.57 Å². The zero-order valence-electron chi connectivity index (χ0n) is 16.1. The predicted octanol–water partition coefficient (Wildman–Crippen LogP) is 4.62. The zero-order valence-corrected chi connectivity index (χ0v) is 16.9. The predicted molar refractivity (Wildman–Crippen MR) is 110 cm³/mol. The fourth-order valence-corrected chi connectivity index (χ4v) is 3.83. The molecule has 0 bridgehead atoms. The molecule has 8 heteroatoms. The summed E-state index contributed by atoms with van der Waals surface area (Å²) in [6.45, 7) is 5.65. The second kappa shape index (κ2) is 7.33. The van der Waals surface area contributed by atoms with E-state index in [1.54, 1.807) is 13.0 Å². The molecule has 0 fully saturated rings. The minimum absolute atomic E-state index is 0.174. The summed E-state index contributed by atoms with van der Waals surface area (Å²) in [5, 5.41) is 10.4. The van der Waals surface area contributed by atoms with Crippen molar-refractivity contribution in [1.82, 2.24) is 14.8 Å². The number of anilines is 2. The molecular formula is C21H19ClFN5O. The van der Waals surface area contributed by atoms with Crippen LogP contribution in [0.2, 0.25) is 5.02 Å². The normalized spacial score (nSPS) is 15.7. The number of amides is 1. The molecule has 2 heterocycles. The summed E-state index contributed by atoms with van der Waals surface area (Å²) < 4.78 is 16.3. The Bertz CT molecular complexity index is 1130. The molecule has 29 heavy (non-hydrogen) atoms. The third-order valence-corrected chi connectivity index (χ3v) is 5.27. The van der Waals surface area contributed by atoms with E-state index in [0.29, 0.717) is 22.9 Å². The Labute approximate surface area is 172 Å². The molecular weight excluding hydrogens is 393 g/mol. The van der Waals surface area contributed by atoms with Crippen LogP contribution in [-0.4, -0.2) is 20.7 Å². The zero-order chi connectivity index (χ0) is 20.7. The minimum Gasteiger partial charge on any atom is -0.328 e. The first kappa shape index (κ1) is 19.1. The van der Waals surface area contributed by atoms with E-state index in [1.165, 1.54) is 23.1 Å². The fraction of sp³-hybridized carbons (Fsp3) is 0.190. The van der Waals surface area contributed by atoms with Crippen LogP contribution in [0.25, 0.3) is 0 Å². The topological polar surface area (TPSA) is 71.8 Å². The van der Waals surface area contributed by atoms with Gasteiger partial charge in [-0.2, -0.15) is 10.1 Å². The quantitative estimate of drug-likeness (QED) is 0.660. The van der Waals surface area contributed by atoms with Crippen LogP contribution in [0.1, 0.15) is 29.7 Å². The van der Waals surface area contributed by atoms with Gasteiger partial charge < -0.3 is 10.6 Å². The first-order chi connectivity index (χ1) is 13.9. The molecule has 1 aliphatic heterocycles. The Morgan fingerprint density at radius 1 is 1.24 bits per heavy atom. The first-order valence-electron chi connectivity index (χ1n) is 9.06. The van der Waals surface area contributed by atoms with Crippen molar-refractivity contribution in [2.45, 2.75) is 26.8 Å². The number of fused-ring (bicyclic) bond motifs is 1. The smallest absolute Gasteiger partial charge is 0.255 e. The number of carbonyl (C=O) groups excluding carboxylic acids is 1. The van der Waals surface area contributed by atoms with E-state index in [-0.39, 0.29) is 16.5 Å². The molecule has 2 N–H and O–H groups in total. The van der Waals surface area contributed by atoms with Gasteiger partial charge in [0.15, 0.2) is 0 Å². The molecule has 6 nitrogen and oxygen atoms in total. The van der Waals surface area contributed by atoms with Gasteiger partial charge in [0.1, 0.15) is 18.2 Å². The van der Waals surface area contributed by atoms with Crippen molar-refractivity contribution in [3.05, 3.63) is 81.5 Å². The van der Waals surface area contributed by atoms with Crippen LogP contribution in [-0.2, 0) is 4.79 Å². The molecule has 0 saturated heterocycles. The lowest BCUT2D eigenvalue weighted by atomic mass is 9.94. The third kappa shape index (κ3) is 3.38. The Balaban J connectivity index is 1.82. The average molecular weight is 412 g/mol. The molecule has 1 aromatic heterocycles. The standard InChI is InChI=1S/C21H19ClFN5O/c1-11-7-8-16(12(2)9-11)27-20(29)17-13(3)26-21-24-10-25-28(21)19(17)18-14(22)5-4-6-15(18)23/h4-10,19H,1-3H3,(H,27,29)(H,24,25,26)/t19-/m0/s1. The number of nitrogens with one attached hydrogen (secondary N) is 2. The second-order valence-electron chi connectivity index (χ2n) is 7.00. The van der Waals surface area contributed by atoms with Gasteiger partial charge in [0, 0.05) is 22.0 Å². The summed E-state index contributed by atoms with van der Waals surface area (Å²) in [6.07, 6.45) is 1.35. The lowest BCUT2D eigenvalue weighted by Gasteiger charge is -2.29. The van der Waals surface area contributed by atoms with E-state index in [9.17, 15) is 9.18 Å². The van der Waals surface area contributed by atoms with Gasteiger partial charge in [0.25, 0.3) is 5.91 Å². The maximum absolute atomic E-state index is 14.8. The van der Waals surface area contributed by atoms with Gasteiger partial charge >= 0.3 is 0 Å². The van der Waals surface area contributed by atoms with Gasteiger partial charge in [-0.1, -0.05) is 35.4 Å². The van der Waals surface area contributed by atoms with Crippen LogP contribution in [0.15, 0.2) is 54.0 Å². The fourth-order valence-electron chi connectivity index (χ4n) is 3.57. The summed E-state index contributed by atoms with van der Waals surface area (Å²) >= 11 is 6.34. The number of hydrogen-bond acceptors (Lipinski definition) is 4. The number of halogens is 2. The summed E-state index contributed by atoms with van der Waals surface area (Å²) in [7, 11) is 0. The average Bonchev–Trinajstić information content (AvgIpc) is 3.11. The van der Waals surface area contributed by atoms with Crippen molar-refractivity contribution in [3.63, 3.8) is 0 Å². The van der Waals surface area contributed by atoms with E-state index < -0.39 is 11.9 Å². The van der Waals surface area contributed by atoms with E-state index in [4.69, 9.17) is 11.6 Å². The number of aromatic nitrogens is 3. The van der Waals surface area contributed by atoms with Crippen molar-refractivity contribution in [2.75, 3.05) is 10.6 Å². The summed E-state index contributed by atoms with van der Waals surface area (Å²) in [6, 6.07) is 9.33. The molecule has 0 radical (unpaired) electrons. The van der Waals surface area contributed by atoms with E-state index in [2.05, 4.69) is 20.7 Å². The Hall–Kier alpha value is -3.19. The summed E-state index contributed by atoms with van der Waals surface area (Å²) in [5.41, 5.74) is 3.75. The molecule has 2 aromatic carbocycles. The number of aryl methyl sites for hydroxylation is 2. The lowest BCUT2D eigenvalue weighted by molar-refractivity contribution is -0.113. The maximum Gasteiger partial charge on any atom is 0.255 e. The molecule has 0 aliphatic carbocycles. The van der Waals surface area contributed by atoms with Gasteiger partial charge in [-0.15, -0.1) is 0 Å². The van der Waals surface area contributed by atoms with Crippen LogP contribution in [0.4, 0.5) is 16.0 Å². The molecule has 0 saturated carbocycles. The van der Waals surface area contributed by atoms with Crippen molar-refractivity contribution >= 4 is 29.1 Å². The van der Waals surface area contributed by atoms with Crippen molar-refractivity contribution in [1.29, 1.82) is 0 Å². The summed E-state index contributed by atoms with van der Waals surface area (Å²) in [4.78, 5) is 17.5. The number of allylic oxidation sites excluding steroid dienone is 1. The highest BCUT2D eigenvalue weighted by Gasteiger charge is 2.36. The van der Waals surface area contributed by atoms with Gasteiger partial charge in [-0.25, -0.2) is 9.07 Å². The molecule has 1 atom stereocenters. The number of rotatable bonds is 3. The van der Waals surface area contributed by atoms with Crippen LogP contribution >= 0.6 is 11.6 Å². The highest BCUT2D eigenvalue weighted by molar-refractivity contribution is 6.31. The van der Waals surface area contributed by atoms with Crippen LogP contribution in [0, 0.1) is 19.7 Å². The molecule has 0 spiro atoms. The molecule has 0 unspecified atom stereocenters. The number of nitrogens with zero attached hydrogens (tertiary/aromatic N) is 3. The monoisotopic (exact) mass is 411 g/mol. The molecule has 4 rings (SSSR count). The van der Waals surface area contributed by atoms with Gasteiger partial charge in [0.2, 0.25) is 5.95 Å². The SMILES string of the molecule is CC1=C(C(=O)Nc2ccc(C)cc2C)[C@@H](c2c(F)cccc2Cl)n2ncnc2N1. The number of benzene rings is 2. The number of hydrogen-bond donors (Lipinski definition) is 2. The highest BCUT2D eigenvalue weighted by atomic mass is 35.5. The van der Waals surface area contributed by atoms with Gasteiger partial charge in [-0.05, 0) is 44.5 Å². The Morgan fingerprint density at radius 2 is 2.03 bits per heavy atom. The van der Waals surface area contributed by atoms with Crippen molar-refractivity contribution in [3.8, 4) is 0 Å². The largest absolute Gasteiger partial charge is 0.328 e. The van der Waals surface area contributed by atoms with Crippen molar-refractivity contribution < 1.29 is 9.18 Å². The molecule has 1 amide bonds. The van der Waals surface area contributed by atoms with Crippen molar-refractivity contribution in [2.24, 2.45) is 0 Å². The van der Waals surface area contributed by atoms with E-state index >= 15 is 0 Å². The first-order valence-corrected chi connectivity index (χ1v) is 9.44. The van der Waals surface area contributed by atoms with E-state index in [1.807, 2.05) is 32.0 Å². The maximum atomic E-state index is 14.8. The molecule has 3 aromatic rings. The van der Waals surface area contributed by atoms with Crippen LogP contribution < -0.4 is 10.6 Å². The second-order valence-corrected chi connectivity index (χ2v) is 7.41. The Kier molecular flexibility index (Phi) is 4.84. The van der Waals surface area contributed by atoms with Crippen LogP contribution in [0.3, 0.4) is 0 Å². The highest BCUT2D eigenvalue weighted by Crippen LogP contribution is 2.39. The van der Waals surface area contributed by atoms with Crippen LogP contribution in [0.5, 0.6) is 0 Å². The number of carbonyl (C=O) groups is 1. The lowest BCUT2D eigenvalue weighted by Crippen LogP contribution is -2.32. The third-order valence-electron chi connectivity index (χ3n) is 4.94. The summed E-state index contributed by atoms with van der Waals surface area (Å²) in [5.74, 6) is -0.474. The minimum atomic E-state index is -0.854. The van der Waals surface area contributed by atoms with E-state index in [0.717, 1.165) is 11.1 Å². The molecule has 148 valence electrons. The Morgan fingerprint density at radius 3 is 2.76 bits per heavy atom. The van der Waals surface area contributed by atoms with Gasteiger partial charge in [-0.3, -0.25) is 4.79 Å². The molecule has 1 aliphatic rings.